The van der Waals surface area contributed by atoms with Gasteiger partial charge in [0.15, 0.2) is 5.16 Å². The van der Waals surface area contributed by atoms with Gasteiger partial charge in [-0.2, -0.15) is 0 Å². The summed E-state index contributed by atoms with van der Waals surface area (Å²) in [4.78, 5) is 18.6. The number of amides is 1. The van der Waals surface area contributed by atoms with Crippen molar-refractivity contribution >= 4 is 17.7 Å². The van der Waals surface area contributed by atoms with Gasteiger partial charge in [0.2, 0.25) is 5.91 Å². The van der Waals surface area contributed by atoms with E-state index in [2.05, 4.69) is 4.98 Å². The molecular formula is C20H25N3O5S. The average molecular weight is 420 g/mol. The van der Waals surface area contributed by atoms with Crippen LogP contribution in [-0.2, 0) is 21.3 Å². The fraction of sp³-hybridized carbons (Fsp3) is 0.500. The Labute approximate surface area is 174 Å². The number of ether oxygens (including phenoxy) is 4. The lowest BCUT2D eigenvalue weighted by atomic mass is 10.3. The van der Waals surface area contributed by atoms with Crippen molar-refractivity contribution in [2.24, 2.45) is 7.05 Å². The molecule has 0 spiro atoms. The maximum atomic E-state index is 12.6. The van der Waals surface area contributed by atoms with Crippen LogP contribution in [0.1, 0.15) is 0 Å². The highest BCUT2D eigenvalue weighted by atomic mass is 32.2. The number of imidazole rings is 1. The molecular weight excluding hydrogens is 394 g/mol. The molecule has 0 N–H and O–H groups in total. The van der Waals surface area contributed by atoms with Crippen LogP contribution < -0.4 is 9.47 Å². The lowest BCUT2D eigenvalue weighted by molar-refractivity contribution is -0.128. The number of thioether (sulfide) groups is 1. The van der Waals surface area contributed by atoms with Crippen molar-refractivity contribution in [1.82, 2.24) is 14.5 Å². The Hall–Kier alpha value is -2.23. The second-order valence-corrected chi connectivity index (χ2v) is 8.01. The van der Waals surface area contributed by atoms with Gasteiger partial charge in [-0.25, -0.2) is 4.98 Å². The van der Waals surface area contributed by atoms with Crippen molar-refractivity contribution < 1.29 is 23.7 Å². The molecule has 2 fully saturated rings. The van der Waals surface area contributed by atoms with E-state index >= 15 is 0 Å². The zero-order valence-electron chi connectivity index (χ0n) is 16.5. The molecule has 0 aliphatic carbocycles. The molecule has 2 atom stereocenters. The van der Waals surface area contributed by atoms with Crippen LogP contribution >= 0.6 is 11.8 Å². The largest absolute Gasteiger partial charge is 0.497 e. The SMILES string of the molecule is COc1cccc(OC2CO[C@H]3CN(C(=O)CSc4nccn4C)C[C@@H]3OC2)c1. The first-order chi connectivity index (χ1) is 14.1. The number of hydrogen-bond donors (Lipinski definition) is 0. The number of aryl methyl sites for hydroxylation is 1. The van der Waals surface area contributed by atoms with Gasteiger partial charge < -0.3 is 28.4 Å². The predicted molar refractivity (Wildman–Crippen MR) is 107 cm³/mol. The predicted octanol–water partition coefficient (Wildman–Crippen LogP) is 1.59. The van der Waals surface area contributed by atoms with E-state index in [0.717, 1.165) is 16.7 Å². The van der Waals surface area contributed by atoms with Crippen LogP contribution in [0.5, 0.6) is 11.5 Å². The van der Waals surface area contributed by atoms with Crippen molar-refractivity contribution in [2.45, 2.75) is 23.5 Å². The van der Waals surface area contributed by atoms with Crippen molar-refractivity contribution in [1.29, 1.82) is 0 Å². The number of rotatable bonds is 6. The number of hydrogen-bond acceptors (Lipinski definition) is 7. The number of benzene rings is 1. The summed E-state index contributed by atoms with van der Waals surface area (Å²) in [6.07, 6.45) is 3.14. The molecule has 2 aliphatic heterocycles. The Kier molecular flexibility index (Phi) is 6.27. The topological polar surface area (TPSA) is 75.0 Å². The molecule has 29 heavy (non-hydrogen) atoms. The second-order valence-electron chi connectivity index (χ2n) is 7.07. The van der Waals surface area contributed by atoms with Crippen LogP contribution in [0.3, 0.4) is 0 Å². The third-order valence-corrected chi connectivity index (χ3v) is 6.05. The summed E-state index contributed by atoms with van der Waals surface area (Å²) in [6.45, 7) is 1.91. The van der Waals surface area contributed by atoms with Crippen LogP contribution in [0.15, 0.2) is 41.8 Å². The number of fused-ring (bicyclic) bond motifs is 1. The van der Waals surface area contributed by atoms with E-state index in [-0.39, 0.29) is 24.2 Å². The summed E-state index contributed by atoms with van der Waals surface area (Å²) in [7, 11) is 3.54. The maximum Gasteiger partial charge on any atom is 0.233 e. The van der Waals surface area contributed by atoms with Crippen molar-refractivity contribution in [2.75, 3.05) is 39.2 Å². The number of carbonyl (C=O) groups is 1. The number of carbonyl (C=O) groups excluding carboxylic acids is 1. The molecule has 0 radical (unpaired) electrons. The van der Waals surface area contributed by atoms with E-state index in [1.807, 2.05) is 47.0 Å². The molecule has 2 aliphatic rings. The summed E-state index contributed by atoms with van der Waals surface area (Å²) in [5.74, 6) is 1.89. The highest BCUT2D eigenvalue weighted by Gasteiger charge is 2.39. The number of aromatic nitrogens is 2. The first-order valence-electron chi connectivity index (χ1n) is 9.54. The monoisotopic (exact) mass is 419 g/mol. The van der Waals surface area contributed by atoms with Crippen molar-refractivity contribution in [3.8, 4) is 11.5 Å². The summed E-state index contributed by atoms with van der Waals surface area (Å²) >= 11 is 1.44. The molecule has 8 nitrogen and oxygen atoms in total. The molecule has 0 saturated carbocycles. The normalized spacial score (nSPS) is 22.2. The maximum absolute atomic E-state index is 12.6. The molecule has 0 bridgehead atoms. The van der Waals surface area contributed by atoms with Crippen LogP contribution in [0, 0.1) is 0 Å². The molecule has 9 heteroatoms. The number of nitrogens with zero attached hydrogens (tertiary/aromatic N) is 3. The summed E-state index contributed by atoms with van der Waals surface area (Å²) in [6, 6.07) is 7.47. The van der Waals surface area contributed by atoms with Gasteiger partial charge in [-0.15, -0.1) is 0 Å². The Balaban J connectivity index is 1.26. The minimum absolute atomic E-state index is 0.0717. The van der Waals surface area contributed by atoms with E-state index in [4.69, 9.17) is 18.9 Å². The van der Waals surface area contributed by atoms with Gasteiger partial charge in [-0.3, -0.25) is 4.79 Å². The van der Waals surface area contributed by atoms with Gasteiger partial charge in [0.1, 0.15) is 29.8 Å². The lowest BCUT2D eigenvalue weighted by Gasteiger charge is -2.19. The van der Waals surface area contributed by atoms with Crippen LogP contribution in [0.4, 0.5) is 0 Å². The molecule has 2 saturated heterocycles. The standard InChI is InChI=1S/C20H25N3O5S/c1-22-7-6-21-20(22)29-13-19(24)23-9-17-18(10-23)27-12-16(11-26-17)28-15-5-3-4-14(8-15)25-2/h3-8,16-18H,9-13H2,1-2H3/t17-,18-/m0/s1. The van der Waals surface area contributed by atoms with Crippen LogP contribution in [0.25, 0.3) is 0 Å². The Morgan fingerprint density at radius 3 is 2.62 bits per heavy atom. The number of likely N-dealkylation sites (tertiary alicyclic amines) is 1. The minimum atomic E-state index is -0.198. The first kappa shape index (κ1) is 20.1. The second kappa shape index (κ2) is 9.06. The van der Waals surface area contributed by atoms with Gasteiger partial charge in [-0.05, 0) is 12.1 Å². The minimum Gasteiger partial charge on any atom is -0.497 e. The van der Waals surface area contributed by atoms with E-state index in [0.29, 0.717) is 32.1 Å². The zero-order valence-corrected chi connectivity index (χ0v) is 17.3. The van der Waals surface area contributed by atoms with Gasteiger partial charge in [0.25, 0.3) is 0 Å². The summed E-state index contributed by atoms with van der Waals surface area (Å²) in [5.41, 5.74) is 0. The molecule has 1 amide bonds. The summed E-state index contributed by atoms with van der Waals surface area (Å²) in [5, 5.41) is 0.830. The van der Waals surface area contributed by atoms with Crippen molar-refractivity contribution in [3.63, 3.8) is 0 Å². The zero-order chi connectivity index (χ0) is 20.2. The smallest absolute Gasteiger partial charge is 0.233 e. The molecule has 4 rings (SSSR count). The molecule has 3 heterocycles. The Morgan fingerprint density at radius 1 is 1.24 bits per heavy atom. The van der Waals surface area contributed by atoms with Crippen molar-refractivity contribution in [3.05, 3.63) is 36.7 Å². The molecule has 1 aromatic heterocycles. The highest BCUT2D eigenvalue weighted by molar-refractivity contribution is 7.99. The van der Waals surface area contributed by atoms with Gasteiger partial charge >= 0.3 is 0 Å². The van der Waals surface area contributed by atoms with E-state index < -0.39 is 0 Å². The molecule has 156 valence electrons. The third-order valence-electron chi connectivity index (χ3n) is 5.01. The number of methoxy groups -OCH3 is 1. The van der Waals surface area contributed by atoms with Gasteiger partial charge in [-0.1, -0.05) is 17.8 Å². The average Bonchev–Trinajstić information content (AvgIpc) is 3.29. The van der Waals surface area contributed by atoms with E-state index in [1.165, 1.54) is 11.8 Å². The summed E-state index contributed by atoms with van der Waals surface area (Å²) < 4.78 is 25.2. The highest BCUT2D eigenvalue weighted by Crippen LogP contribution is 2.25. The molecule has 1 aromatic carbocycles. The molecule has 2 aromatic rings. The lowest BCUT2D eigenvalue weighted by Crippen LogP contribution is -2.33. The fourth-order valence-electron chi connectivity index (χ4n) is 3.42. The van der Waals surface area contributed by atoms with Crippen LogP contribution in [0.2, 0.25) is 0 Å². The Morgan fingerprint density at radius 2 is 1.97 bits per heavy atom. The van der Waals surface area contributed by atoms with E-state index in [1.54, 1.807) is 13.3 Å². The van der Waals surface area contributed by atoms with E-state index in [9.17, 15) is 4.79 Å². The fourth-order valence-corrected chi connectivity index (χ4v) is 4.26. The quantitative estimate of drug-likeness (QED) is 0.659. The Bertz CT molecular complexity index is 829. The first-order valence-corrected chi connectivity index (χ1v) is 10.5. The van der Waals surface area contributed by atoms with Crippen LogP contribution in [-0.4, -0.2) is 77.8 Å². The van der Waals surface area contributed by atoms with Gasteiger partial charge in [0.05, 0.1) is 26.1 Å². The van der Waals surface area contributed by atoms with Gasteiger partial charge in [0, 0.05) is 38.6 Å². The molecule has 0 unspecified atom stereocenters. The third kappa shape index (κ3) is 4.85.